The Labute approximate surface area is 89.3 Å². The zero-order valence-electron chi connectivity index (χ0n) is 9.07. The second kappa shape index (κ2) is 3.74. The first-order chi connectivity index (χ1) is 6.90. The lowest BCUT2D eigenvalue weighted by Crippen LogP contribution is -2.17. The van der Waals surface area contributed by atoms with E-state index < -0.39 is 5.41 Å². The Hall–Kier alpha value is -1.82. The van der Waals surface area contributed by atoms with Crippen molar-refractivity contribution in [3.63, 3.8) is 0 Å². The fourth-order valence-corrected chi connectivity index (χ4v) is 1.69. The Morgan fingerprint density at radius 3 is 2.53 bits per heavy atom. The third-order valence-corrected chi connectivity index (χ3v) is 2.43. The quantitative estimate of drug-likeness (QED) is 0.421. The molecule has 15 heavy (non-hydrogen) atoms. The molecule has 0 bridgehead atoms. The number of hydrogen-bond acceptors (Lipinski definition) is 2. The van der Waals surface area contributed by atoms with Crippen LogP contribution in [-0.2, 0) is 5.41 Å². The van der Waals surface area contributed by atoms with E-state index in [1.54, 1.807) is 6.07 Å². The van der Waals surface area contributed by atoms with Gasteiger partial charge in [0, 0.05) is 6.07 Å². The lowest BCUT2D eigenvalue weighted by molar-refractivity contribution is -0.385. The van der Waals surface area contributed by atoms with Gasteiger partial charge in [-0.25, -0.2) is 0 Å². The van der Waals surface area contributed by atoms with Crippen LogP contribution in [0.1, 0.15) is 25.0 Å². The summed E-state index contributed by atoms with van der Waals surface area (Å²) < 4.78 is 0. The second-order valence-electron chi connectivity index (χ2n) is 4.00. The maximum Gasteiger partial charge on any atom is 0.274 e. The van der Waals surface area contributed by atoms with E-state index in [9.17, 15) is 10.1 Å². The number of rotatable bonds is 2. The van der Waals surface area contributed by atoms with Crippen LogP contribution in [0.2, 0.25) is 0 Å². The van der Waals surface area contributed by atoms with Gasteiger partial charge in [0.2, 0.25) is 0 Å². The van der Waals surface area contributed by atoms with Crippen molar-refractivity contribution in [2.75, 3.05) is 0 Å². The van der Waals surface area contributed by atoms with Crippen LogP contribution in [-0.4, -0.2) is 4.92 Å². The summed E-state index contributed by atoms with van der Waals surface area (Å²) in [7, 11) is 0. The summed E-state index contributed by atoms with van der Waals surface area (Å²) in [5.74, 6) is 2.59. The smallest absolute Gasteiger partial charge is 0.258 e. The van der Waals surface area contributed by atoms with Gasteiger partial charge in [-0.05, 0) is 26.3 Å². The third-order valence-electron chi connectivity index (χ3n) is 2.43. The van der Waals surface area contributed by atoms with Gasteiger partial charge in [-0.15, -0.1) is 6.42 Å². The first kappa shape index (κ1) is 11.3. The number of nitro benzene ring substituents is 1. The normalized spacial score (nSPS) is 10.8. The number of nitro groups is 1. The summed E-state index contributed by atoms with van der Waals surface area (Å²) in [5.41, 5.74) is 0.955. The van der Waals surface area contributed by atoms with Crippen molar-refractivity contribution in [1.29, 1.82) is 0 Å². The molecular formula is C12H13NO2. The van der Waals surface area contributed by atoms with Crippen molar-refractivity contribution < 1.29 is 4.92 Å². The minimum Gasteiger partial charge on any atom is -0.258 e. The van der Waals surface area contributed by atoms with Gasteiger partial charge in [0.25, 0.3) is 5.69 Å². The van der Waals surface area contributed by atoms with Crippen LogP contribution in [0.25, 0.3) is 0 Å². The summed E-state index contributed by atoms with van der Waals surface area (Å²) in [6.45, 7) is 5.45. The molecular weight excluding hydrogens is 190 g/mol. The monoisotopic (exact) mass is 203 g/mol. The van der Waals surface area contributed by atoms with Crippen LogP contribution in [0.4, 0.5) is 5.69 Å². The Morgan fingerprint density at radius 1 is 1.47 bits per heavy atom. The average Bonchev–Trinajstić information content (AvgIpc) is 2.17. The van der Waals surface area contributed by atoms with Gasteiger partial charge in [-0.2, -0.15) is 0 Å². The molecule has 0 aliphatic heterocycles. The topological polar surface area (TPSA) is 43.1 Å². The zero-order valence-corrected chi connectivity index (χ0v) is 9.07. The summed E-state index contributed by atoms with van der Waals surface area (Å²) in [4.78, 5) is 10.5. The van der Waals surface area contributed by atoms with E-state index in [0.29, 0.717) is 5.56 Å². The predicted molar refractivity (Wildman–Crippen MR) is 59.7 cm³/mol. The minimum absolute atomic E-state index is 0.0953. The van der Waals surface area contributed by atoms with Crippen molar-refractivity contribution in [3.05, 3.63) is 39.4 Å². The van der Waals surface area contributed by atoms with Gasteiger partial charge in [0.1, 0.15) is 0 Å². The average molecular weight is 203 g/mol. The lowest BCUT2D eigenvalue weighted by atomic mass is 9.82. The van der Waals surface area contributed by atoms with Crippen LogP contribution in [0.5, 0.6) is 0 Å². The van der Waals surface area contributed by atoms with E-state index in [1.165, 1.54) is 6.07 Å². The third kappa shape index (κ3) is 1.99. The highest BCUT2D eigenvalue weighted by molar-refractivity contribution is 5.52. The van der Waals surface area contributed by atoms with Crippen LogP contribution in [0.3, 0.4) is 0 Å². The molecule has 0 fully saturated rings. The van der Waals surface area contributed by atoms with E-state index in [4.69, 9.17) is 6.42 Å². The molecule has 1 rings (SSSR count). The lowest BCUT2D eigenvalue weighted by Gasteiger charge is -2.20. The van der Waals surface area contributed by atoms with E-state index in [1.807, 2.05) is 26.8 Å². The molecule has 0 N–H and O–H groups in total. The summed E-state index contributed by atoms with van der Waals surface area (Å²) in [5, 5.41) is 10.9. The van der Waals surface area contributed by atoms with Crippen LogP contribution < -0.4 is 0 Å². The molecule has 0 aliphatic carbocycles. The van der Waals surface area contributed by atoms with Gasteiger partial charge in [0.05, 0.1) is 15.9 Å². The Balaban J connectivity index is 3.53. The Morgan fingerprint density at radius 2 is 2.07 bits per heavy atom. The van der Waals surface area contributed by atoms with Gasteiger partial charge in [-0.1, -0.05) is 18.1 Å². The summed E-state index contributed by atoms with van der Waals surface area (Å²) in [6, 6.07) is 4.99. The van der Waals surface area contributed by atoms with Gasteiger partial charge < -0.3 is 0 Å². The van der Waals surface area contributed by atoms with E-state index in [2.05, 4.69) is 5.92 Å². The summed E-state index contributed by atoms with van der Waals surface area (Å²) in [6.07, 6.45) is 5.40. The first-order valence-electron chi connectivity index (χ1n) is 4.62. The highest BCUT2D eigenvalue weighted by atomic mass is 16.6. The molecule has 0 atom stereocenters. The van der Waals surface area contributed by atoms with E-state index in [0.717, 1.165) is 5.56 Å². The molecule has 1 aromatic rings. The molecule has 0 saturated carbocycles. The zero-order chi connectivity index (χ0) is 11.6. The van der Waals surface area contributed by atoms with Gasteiger partial charge in [0.15, 0.2) is 0 Å². The predicted octanol–water partition coefficient (Wildman–Crippen LogP) is 2.81. The van der Waals surface area contributed by atoms with Gasteiger partial charge >= 0.3 is 0 Å². The molecule has 0 unspecified atom stereocenters. The fraction of sp³-hybridized carbons (Fsp3) is 0.333. The van der Waals surface area contributed by atoms with Crippen LogP contribution in [0, 0.1) is 29.4 Å². The first-order valence-corrected chi connectivity index (χ1v) is 4.62. The molecule has 0 aliphatic rings. The molecule has 0 saturated heterocycles. The summed E-state index contributed by atoms with van der Waals surface area (Å²) >= 11 is 0. The molecule has 0 heterocycles. The van der Waals surface area contributed by atoms with E-state index in [-0.39, 0.29) is 10.6 Å². The maximum atomic E-state index is 10.9. The van der Waals surface area contributed by atoms with Crippen molar-refractivity contribution >= 4 is 5.69 Å². The van der Waals surface area contributed by atoms with Gasteiger partial charge in [-0.3, -0.25) is 10.1 Å². The highest BCUT2D eigenvalue weighted by Gasteiger charge is 2.28. The Kier molecular flexibility index (Phi) is 2.81. The second-order valence-corrected chi connectivity index (χ2v) is 4.00. The van der Waals surface area contributed by atoms with Crippen molar-refractivity contribution in [3.8, 4) is 12.3 Å². The molecule has 3 heteroatoms. The number of terminal acetylenes is 1. The van der Waals surface area contributed by atoms with Crippen molar-refractivity contribution in [2.24, 2.45) is 0 Å². The van der Waals surface area contributed by atoms with Crippen LogP contribution >= 0.6 is 0 Å². The number of benzene rings is 1. The number of aryl methyl sites for hydroxylation is 1. The molecule has 78 valence electrons. The maximum absolute atomic E-state index is 10.9. The standard InChI is InChI=1S/C12H13NO2/c1-5-12(3,4)11-9(2)7-6-8-10(11)13(14)15/h1,6-8H,2-4H3. The molecule has 0 spiro atoms. The largest absolute Gasteiger partial charge is 0.274 e. The molecule has 3 nitrogen and oxygen atoms in total. The van der Waals surface area contributed by atoms with Crippen LogP contribution in [0.15, 0.2) is 18.2 Å². The van der Waals surface area contributed by atoms with Crippen molar-refractivity contribution in [1.82, 2.24) is 0 Å². The molecule has 0 aromatic heterocycles. The molecule has 0 amide bonds. The highest BCUT2D eigenvalue weighted by Crippen LogP contribution is 2.33. The van der Waals surface area contributed by atoms with Crippen molar-refractivity contribution in [2.45, 2.75) is 26.2 Å². The minimum atomic E-state index is -0.617. The SMILES string of the molecule is C#CC(C)(C)c1c(C)cccc1[N+](=O)[O-]. The molecule has 1 aromatic carbocycles. The Bertz CT molecular complexity index is 441. The number of nitrogens with zero attached hydrogens (tertiary/aromatic N) is 1. The van der Waals surface area contributed by atoms with E-state index >= 15 is 0 Å². The molecule has 0 radical (unpaired) electrons. The number of hydrogen-bond donors (Lipinski definition) is 0. The fourth-order valence-electron chi connectivity index (χ4n) is 1.69.